The van der Waals surface area contributed by atoms with Gasteiger partial charge in [0.05, 0.1) is 11.4 Å². The molecule has 0 saturated carbocycles. The molecule has 0 aliphatic carbocycles. The van der Waals surface area contributed by atoms with Crippen LogP contribution in [0.25, 0.3) is 32.3 Å². The second-order valence-corrected chi connectivity index (χ2v) is 6.09. The van der Waals surface area contributed by atoms with Crippen molar-refractivity contribution in [3.8, 4) is 0 Å². The van der Waals surface area contributed by atoms with E-state index < -0.39 is 0 Å². The molecule has 114 valence electrons. The smallest absolute Gasteiger partial charge is 0.0624 e. The van der Waals surface area contributed by atoms with E-state index in [4.69, 9.17) is 0 Å². The second kappa shape index (κ2) is 5.14. The predicted molar refractivity (Wildman–Crippen MR) is 104 cm³/mol. The molecule has 0 heterocycles. The van der Waals surface area contributed by atoms with Gasteiger partial charge in [-0.05, 0) is 45.1 Å². The number of nitrogens with one attached hydrogen (secondary N) is 2. The first-order valence-electron chi connectivity index (χ1n) is 8.14. The third kappa shape index (κ3) is 1.97. The summed E-state index contributed by atoms with van der Waals surface area (Å²) in [6, 6.07) is 29.8. The van der Waals surface area contributed by atoms with Crippen LogP contribution in [0.1, 0.15) is 0 Å². The van der Waals surface area contributed by atoms with Gasteiger partial charge in [0.1, 0.15) is 0 Å². The van der Waals surface area contributed by atoms with Crippen LogP contribution in [0.5, 0.6) is 0 Å². The van der Waals surface area contributed by atoms with Crippen molar-refractivity contribution in [3.63, 3.8) is 0 Å². The maximum Gasteiger partial charge on any atom is 0.0624 e. The zero-order valence-electron chi connectivity index (χ0n) is 13.1. The summed E-state index contributed by atoms with van der Waals surface area (Å²) in [7, 11) is 0. The third-order valence-corrected chi connectivity index (χ3v) is 4.62. The fraction of sp³-hybridized carbons (Fsp3) is 0. The minimum absolute atomic E-state index is 1.04. The van der Waals surface area contributed by atoms with Crippen molar-refractivity contribution in [3.05, 3.63) is 84.9 Å². The van der Waals surface area contributed by atoms with Crippen molar-refractivity contribution in [1.29, 1.82) is 0 Å². The van der Waals surface area contributed by atoms with Gasteiger partial charge in [-0.25, -0.2) is 0 Å². The largest absolute Gasteiger partial charge is 0.301 e. The van der Waals surface area contributed by atoms with Gasteiger partial charge in [0.25, 0.3) is 0 Å². The molecular formula is C22H16N2. The molecule has 0 saturated heterocycles. The van der Waals surface area contributed by atoms with Crippen LogP contribution in [0, 0.1) is 0 Å². The third-order valence-electron chi connectivity index (χ3n) is 4.62. The van der Waals surface area contributed by atoms with E-state index >= 15 is 0 Å². The van der Waals surface area contributed by atoms with Gasteiger partial charge in [-0.1, -0.05) is 66.7 Å². The molecule has 5 rings (SSSR count). The Hall–Kier alpha value is -3.26. The molecule has 0 amide bonds. The van der Waals surface area contributed by atoms with Crippen LogP contribution in [0.3, 0.4) is 0 Å². The van der Waals surface area contributed by atoms with Crippen molar-refractivity contribution < 1.29 is 0 Å². The number of hydrogen-bond donors (Lipinski definition) is 2. The molecular weight excluding hydrogens is 292 g/mol. The highest BCUT2D eigenvalue weighted by Gasteiger charge is 2.11. The summed E-state index contributed by atoms with van der Waals surface area (Å²) in [5.41, 5.74) is 8.83. The van der Waals surface area contributed by atoms with E-state index in [-0.39, 0.29) is 0 Å². The van der Waals surface area contributed by atoms with Crippen molar-refractivity contribution >= 4 is 43.7 Å². The van der Waals surface area contributed by atoms with Crippen molar-refractivity contribution in [1.82, 2.24) is 0 Å². The number of para-hydroxylation sites is 1. The molecule has 0 aliphatic rings. The molecule has 0 unspecified atom stereocenters. The molecule has 0 aromatic heterocycles. The standard InChI is InChI=1S/C22H16N2/c1-2-9-18(10-3-1)23-24-20-14-17-8-4-6-15-12-13-16-7-5-11-19(20)22(16)21(15)17/h1-14,23-24H. The molecule has 0 aliphatic heterocycles. The van der Waals surface area contributed by atoms with Crippen LogP contribution in [-0.4, -0.2) is 0 Å². The van der Waals surface area contributed by atoms with Crippen LogP contribution in [-0.2, 0) is 0 Å². The van der Waals surface area contributed by atoms with Gasteiger partial charge in [0.15, 0.2) is 0 Å². The lowest BCUT2D eigenvalue weighted by Gasteiger charge is -2.16. The van der Waals surface area contributed by atoms with Crippen molar-refractivity contribution in [2.75, 3.05) is 10.9 Å². The first-order chi connectivity index (χ1) is 11.9. The lowest BCUT2D eigenvalue weighted by Crippen LogP contribution is -2.08. The zero-order chi connectivity index (χ0) is 15.9. The Balaban J connectivity index is 1.73. The lowest BCUT2D eigenvalue weighted by atomic mass is 9.93. The summed E-state index contributed by atoms with van der Waals surface area (Å²) < 4.78 is 0. The van der Waals surface area contributed by atoms with Crippen LogP contribution in [0.2, 0.25) is 0 Å². The predicted octanol–water partition coefficient (Wildman–Crippen LogP) is 6.02. The summed E-state index contributed by atoms with van der Waals surface area (Å²) in [5.74, 6) is 0. The molecule has 0 spiro atoms. The fourth-order valence-electron chi connectivity index (χ4n) is 3.53. The highest BCUT2D eigenvalue weighted by atomic mass is 15.4. The maximum absolute atomic E-state index is 3.39. The second-order valence-electron chi connectivity index (χ2n) is 6.09. The normalized spacial score (nSPS) is 11.3. The topological polar surface area (TPSA) is 24.1 Å². The Morgan fingerprint density at radius 3 is 2.04 bits per heavy atom. The summed E-state index contributed by atoms with van der Waals surface area (Å²) in [6.07, 6.45) is 0. The first kappa shape index (κ1) is 13.2. The summed E-state index contributed by atoms with van der Waals surface area (Å²) >= 11 is 0. The van der Waals surface area contributed by atoms with E-state index in [1.807, 2.05) is 30.3 Å². The van der Waals surface area contributed by atoms with Gasteiger partial charge in [-0.15, -0.1) is 0 Å². The zero-order valence-corrected chi connectivity index (χ0v) is 13.1. The van der Waals surface area contributed by atoms with Gasteiger partial charge in [0.2, 0.25) is 0 Å². The molecule has 2 nitrogen and oxygen atoms in total. The minimum Gasteiger partial charge on any atom is -0.301 e. The molecule has 24 heavy (non-hydrogen) atoms. The Bertz CT molecular complexity index is 1150. The molecule has 5 aromatic rings. The van der Waals surface area contributed by atoms with Gasteiger partial charge in [-0.3, -0.25) is 0 Å². The molecule has 2 N–H and O–H groups in total. The van der Waals surface area contributed by atoms with Crippen LogP contribution in [0.15, 0.2) is 84.9 Å². The quantitative estimate of drug-likeness (QED) is 0.314. The molecule has 5 aromatic carbocycles. The summed E-state index contributed by atoms with van der Waals surface area (Å²) in [6.45, 7) is 0. The Kier molecular flexibility index (Phi) is 2.83. The number of hydrogen-bond acceptors (Lipinski definition) is 2. The summed E-state index contributed by atoms with van der Waals surface area (Å²) in [4.78, 5) is 0. The van der Waals surface area contributed by atoms with Gasteiger partial charge < -0.3 is 10.9 Å². The Labute approximate surface area is 140 Å². The molecule has 0 atom stereocenters. The molecule has 2 heteroatoms. The van der Waals surface area contributed by atoms with E-state index in [0.29, 0.717) is 0 Å². The summed E-state index contributed by atoms with van der Waals surface area (Å²) in [5, 5.41) is 7.73. The lowest BCUT2D eigenvalue weighted by molar-refractivity contribution is 1.43. The highest BCUT2D eigenvalue weighted by Crippen LogP contribution is 2.38. The SMILES string of the molecule is c1ccc(NNc2cc3cccc4ccc5cccc2c5c43)cc1. The van der Waals surface area contributed by atoms with E-state index in [9.17, 15) is 0 Å². The van der Waals surface area contributed by atoms with Gasteiger partial charge in [-0.2, -0.15) is 0 Å². The number of rotatable bonds is 3. The molecule has 0 fully saturated rings. The number of benzene rings is 5. The molecule has 0 bridgehead atoms. The van der Waals surface area contributed by atoms with Crippen LogP contribution < -0.4 is 10.9 Å². The number of hydrazine groups is 1. The maximum atomic E-state index is 3.39. The van der Waals surface area contributed by atoms with Gasteiger partial charge in [0, 0.05) is 5.39 Å². The van der Waals surface area contributed by atoms with Gasteiger partial charge >= 0.3 is 0 Å². The Morgan fingerprint density at radius 2 is 1.21 bits per heavy atom. The van der Waals surface area contributed by atoms with E-state index in [2.05, 4.69) is 65.4 Å². The van der Waals surface area contributed by atoms with Crippen molar-refractivity contribution in [2.24, 2.45) is 0 Å². The van der Waals surface area contributed by atoms with E-state index in [1.54, 1.807) is 0 Å². The Morgan fingerprint density at radius 1 is 0.500 bits per heavy atom. The fourth-order valence-corrected chi connectivity index (χ4v) is 3.53. The molecule has 0 radical (unpaired) electrons. The minimum atomic E-state index is 1.04. The van der Waals surface area contributed by atoms with Crippen molar-refractivity contribution in [2.45, 2.75) is 0 Å². The monoisotopic (exact) mass is 308 g/mol. The first-order valence-corrected chi connectivity index (χ1v) is 8.14. The highest BCUT2D eigenvalue weighted by molar-refractivity contribution is 6.25. The van der Waals surface area contributed by atoms with E-state index in [0.717, 1.165) is 11.4 Å². The van der Waals surface area contributed by atoms with E-state index in [1.165, 1.54) is 32.3 Å². The number of anilines is 2. The van der Waals surface area contributed by atoms with Crippen LogP contribution >= 0.6 is 0 Å². The van der Waals surface area contributed by atoms with Crippen LogP contribution in [0.4, 0.5) is 11.4 Å². The average Bonchev–Trinajstić information content (AvgIpc) is 2.65. The average molecular weight is 308 g/mol.